The number of rotatable bonds is 7. The molecule has 0 saturated heterocycles. The van der Waals surface area contributed by atoms with E-state index >= 15 is 0 Å². The molecule has 0 spiro atoms. The number of aliphatic hydroxyl groups excluding tert-OH is 1. The van der Waals surface area contributed by atoms with Crippen LogP contribution in [0.5, 0.6) is 0 Å². The molecule has 0 unspecified atom stereocenters. The first-order chi connectivity index (χ1) is 10.9. The van der Waals surface area contributed by atoms with Gasteiger partial charge < -0.3 is 10.4 Å². The van der Waals surface area contributed by atoms with Gasteiger partial charge >= 0.3 is 0 Å². The number of nitrogens with one attached hydrogen (secondary N) is 1. The second-order valence-corrected chi connectivity index (χ2v) is 6.84. The van der Waals surface area contributed by atoms with Crippen LogP contribution in [0.25, 0.3) is 11.3 Å². The lowest BCUT2D eigenvalue weighted by Gasteiger charge is -2.16. The molecule has 0 radical (unpaired) electrons. The van der Waals surface area contributed by atoms with Gasteiger partial charge in [0.2, 0.25) is 0 Å². The van der Waals surface area contributed by atoms with Crippen LogP contribution in [0.3, 0.4) is 0 Å². The van der Waals surface area contributed by atoms with E-state index in [0.717, 1.165) is 31.6 Å². The third kappa shape index (κ3) is 3.94. The molecule has 0 amide bonds. The van der Waals surface area contributed by atoms with E-state index in [1.54, 1.807) is 11.3 Å². The summed E-state index contributed by atoms with van der Waals surface area (Å²) in [6, 6.07) is 6.86. The predicted molar refractivity (Wildman–Crippen MR) is 92.5 cm³/mol. The Balaban J connectivity index is 1.61. The molecule has 22 heavy (non-hydrogen) atoms. The van der Waals surface area contributed by atoms with Crippen LogP contribution in [-0.2, 0) is 19.3 Å². The van der Waals surface area contributed by atoms with E-state index in [1.807, 2.05) is 0 Å². The van der Waals surface area contributed by atoms with Gasteiger partial charge in [-0.05, 0) is 55.8 Å². The molecule has 1 aliphatic carbocycles. The lowest BCUT2D eigenvalue weighted by atomic mass is 9.90. The van der Waals surface area contributed by atoms with Crippen molar-refractivity contribution >= 4 is 11.3 Å². The molecule has 0 aliphatic heterocycles. The van der Waals surface area contributed by atoms with E-state index in [2.05, 4.69) is 28.9 Å². The van der Waals surface area contributed by atoms with Gasteiger partial charge in [-0.15, -0.1) is 11.3 Å². The highest BCUT2D eigenvalue weighted by Gasteiger charge is 2.11. The number of aromatic nitrogens is 1. The summed E-state index contributed by atoms with van der Waals surface area (Å²) in [5.41, 5.74) is 5.42. The maximum Gasteiger partial charge on any atom is 0.0945 e. The summed E-state index contributed by atoms with van der Waals surface area (Å²) in [6.45, 7) is 2.06. The van der Waals surface area contributed by atoms with E-state index in [0.29, 0.717) is 0 Å². The van der Waals surface area contributed by atoms with Crippen molar-refractivity contribution in [1.29, 1.82) is 0 Å². The van der Waals surface area contributed by atoms with Crippen molar-refractivity contribution in [1.82, 2.24) is 10.3 Å². The van der Waals surface area contributed by atoms with Gasteiger partial charge in [0, 0.05) is 30.5 Å². The molecular weight excluding hydrogens is 292 g/mol. The van der Waals surface area contributed by atoms with Gasteiger partial charge in [-0.2, -0.15) is 0 Å². The van der Waals surface area contributed by atoms with Crippen molar-refractivity contribution in [3.63, 3.8) is 0 Å². The normalized spacial score (nSPS) is 14.0. The zero-order valence-corrected chi connectivity index (χ0v) is 13.8. The van der Waals surface area contributed by atoms with Gasteiger partial charge in [0.05, 0.1) is 10.7 Å². The molecule has 4 heteroatoms. The first kappa shape index (κ1) is 15.7. The lowest BCUT2D eigenvalue weighted by Crippen LogP contribution is -2.19. The van der Waals surface area contributed by atoms with Crippen molar-refractivity contribution in [2.45, 2.75) is 38.5 Å². The van der Waals surface area contributed by atoms with Crippen molar-refractivity contribution in [2.75, 3.05) is 19.7 Å². The van der Waals surface area contributed by atoms with Gasteiger partial charge in [0.25, 0.3) is 0 Å². The minimum atomic E-state index is 0.257. The summed E-state index contributed by atoms with van der Waals surface area (Å²) in [7, 11) is 0. The summed E-state index contributed by atoms with van der Waals surface area (Å²) >= 11 is 1.75. The third-order valence-electron chi connectivity index (χ3n) is 4.22. The van der Waals surface area contributed by atoms with Crippen LogP contribution in [0.2, 0.25) is 0 Å². The number of fused-ring (bicyclic) bond motifs is 1. The first-order valence-corrected chi connectivity index (χ1v) is 9.13. The summed E-state index contributed by atoms with van der Waals surface area (Å²) in [5.74, 6) is 0. The van der Waals surface area contributed by atoms with Gasteiger partial charge in [0.1, 0.15) is 0 Å². The number of thiazole rings is 1. The molecule has 0 saturated carbocycles. The van der Waals surface area contributed by atoms with Crippen molar-refractivity contribution < 1.29 is 5.11 Å². The largest absolute Gasteiger partial charge is 0.396 e. The Labute approximate surface area is 136 Å². The number of hydrogen-bond acceptors (Lipinski definition) is 4. The summed E-state index contributed by atoms with van der Waals surface area (Å²) in [4.78, 5) is 4.78. The Kier molecular flexibility index (Phi) is 5.59. The zero-order chi connectivity index (χ0) is 15.2. The predicted octanol–water partition coefficient (Wildman–Crippen LogP) is 3.20. The fourth-order valence-corrected chi connectivity index (χ4v) is 3.78. The van der Waals surface area contributed by atoms with Crippen LogP contribution < -0.4 is 5.32 Å². The maximum atomic E-state index is 8.75. The third-order valence-corrected chi connectivity index (χ3v) is 5.13. The molecule has 3 rings (SSSR count). The van der Waals surface area contributed by atoms with E-state index in [1.165, 1.54) is 47.4 Å². The van der Waals surface area contributed by atoms with Crippen LogP contribution in [0, 0.1) is 0 Å². The van der Waals surface area contributed by atoms with Crippen molar-refractivity contribution in [3.8, 4) is 11.3 Å². The van der Waals surface area contributed by atoms with Crippen LogP contribution >= 0.6 is 11.3 Å². The highest BCUT2D eigenvalue weighted by atomic mass is 32.1. The van der Waals surface area contributed by atoms with Crippen LogP contribution in [0.15, 0.2) is 23.6 Å². The zero-order valence-electron chi connectivity index (χ0n) is 13.0. The average molecular weight is 316 g/mol. The van der Waals surface area contributed by atoms with Gasteiger partial charge in [-0.3, -0.25) is 0 Å². The Morgan fingerprint density at radius 2 is 2.00 bits per heavy atom. The minimum Gasteiger partial charge on any atom is -0.396 e. The molecule has 0 atom stereocenters. The Morgan fingerprint density at radius 1 is 1.14 bits per heavy atom. The molecule has 1 aromatic heterocycles. The van der Waals surface area contributed by atoms with Crippen LogP contribution in [0.4, 0.5) is 0 Å². The molecule has 1 aliphatic rings. The van der Waals surface area contributed by atoms with E-state index < -0.39 is 0 Å². The van der Waals surface area contributed by atoms with Crippen LogP contribution in [-0.4, -0.2) is 29.8 Å². The number of aryl methyl sites for hydroxylation is 2. The van der Waals surface area contributed by atoms with E-state index in [9.17, 15) is 0 Å². The lowest BCUT2D eigenvalue weighted by molar-refractivity contribution is 0.286. The van der Waals surface area contributed by atoms with E-state index in [-0.39, 0.29) is 6.61 Å². The van der Waals surface area contributed by atoms with Gasteiger partial charge in [-0.25, -0.2) is 4.98 Å². The number of nitrogens with zero attached hydrogens (tertiary/aromatic N) is 1. The minimum absolute atomic E-state index is 0.257. The van der Waals surface area contributed by atoms with Gasteiger partial charge in [0.15, 0.2) is 0 Å². The average Bonchev–Trinajstić information content (AvgIpc) is 3.03. The summed E-state index contributed by atoms with van der Waals surface area (Å²) < 4.78 is 0. The molecule has 1 heterocycles. The van der Waals surface area contributed by atoms with Crippen molar-refractivity contribution in [3.05, 3.63) is 39.7 Å². The standard InChI is InChI=1S/C18H24N2OS/c21-11-3-9-19-10-8-18-20-17(13-22-18)16-7-6-14-4-1-2-5-15(14)12-16/h6-7,12-13,19,21H,1-5,8-11H2. The molecule has 0 bridgehead atoms. The Hall–Kier alpha value is -1.23. The van der Waals surface area contributed by atoms with Crippen molar-refractivity contribution in [2.24, 2.45) is 0 Å². The fourth-order valence-electron chi connectivity index (χ4n) is 2.98. The van der Waals surface area contributed by atoms with Gasteiger partial charge in [-0.1, -0.05) is 12.1 Å². The van der Waals surface area contributed by atoms with Crippen LogP contribution in [0.1, 0.15) is 35.4 Å². The molecule has 0 fully saturated rings. The maximum absolute atomic E-state index is 8.75. The number of aliphatic hydroxyl groups is 1. The molecule has 118 valence electrons. The Morgan fingerprint density at radius 3 is 2.86 bits per heavy atom. The highest BCUT2D eigenvalue weighted by molar-refractivity contribution is 7.09. The molecule has 1 aromatic carbocycles. The monoisotopic (exact) mass is 316 g/mol. The smallest absolute Gasteiger partial charge is 0.0945 e. The fraction of sp³-hybridized carbons (Fsp3) is 0.500. The molecule has 2 aromatic rings. The quantitative estimate of drug-likeness (QED) is 0.771. The molecule has 3 nitrogen and oxygen atoms in total. The first-order valence-electron chi connectivity index (χ1n) is 8.25. The second-order valence-electron chi connectivity index (χ2n) is 5.89. The number of benzene rings is 1. The highest BCUT2D eigenvalue weighted by Crippen LogP contribution is 2.28. The number of hydrogen-bond donors (Lipinski definition) is 2. The Bertz CT molecular complexity index is 609. The summed E-state index contributed by atoms with van der Waals surface area (Å²) in [5, 5.41) is 15.4. The molecular formula is C18H24N2OS. The molecule has 2 N–H and O–H groups in total. The second kappa shape index (κ2) is 7.86. The topological polar surface area (TPSA) is 45.1 Å². The SMILES string of the molecule is OCCCNCCc1nc(-c2ccc3c(c2)CCCC3)cs1. The van der Waals surface area contributed by atoms with E-state index in [4.69, 9.17) is 10.1 Å². The summed E-state index contributed by atoms with van der Waals surface area (Å²) in [6.07, 6.45) is 6.88.